The number of fused-ring (bicyclic) bond motifs is 2. The first-order chi connectivity index (χ1) is 15.6. The third-order valence-corrected chi connectivity index (χ3v) is 7.33. The van der Waals surface area contributed by atoms with Crippen LogP contribution in [0.4, 0.5) is 5.13 Å². The van der Waals surface area contributed by atoms with E-state index in [1.807, 2.05) is 41.3 Å². The van der Waals surface area contributed by atoms with Crippen LogP contribution in [0.15, 0.2) is 54.6 Å². The third kappa shape index (κ3) is 4.13. The van der Waals surface area contributed by atoms with E-state index in [-0.39, 0.29) is 5.91 Å². The summed E-state index contributed by atoms with van der Waals surface area (Å²) in [4.78, 5) is 22.9. The number of morpholine rings is 1. The lowest BCUT2D eigenvalue weighted by Crippen LogP contribution is -2.43. The zero-order valence-corrected chi connectivity index (χ0v) is 19.3. The van der Waals surface area contributed by atoms with Crippen molar-refractivity contribution in [3.8, 4) is 0 Å². The number of hydrogen-bond donors (Lipinski definition) is 0. The first kappa shape index (κ1) is 21.1. The molecule has 6 heteroatoms. The van der Waals surface area contributed by atoms with Gasteiger partial charge in [0.25, 0.3) is 5.91 Å². The predicted octanol–water partition coefficient (Wildman–Crippen LogP) is 5.05. The fourth-order valence-electron chi connectivity index (χ4n) is 4.16. The summed E-state index contributed by atoms with van der Waals surface area (Å²) in [7, 11) is 0. The van der Waals surface area contributed by atoms with E-state index in [0.29, 0.717) is 12.1 Å². The van der Waals surface area contributed by atoms with E-state index in [1.54, 1.807) is 11.3 Å². The van der Waals surface area contributed by atoms with Crippen LogP contribution in [0, 0.1) is 13.8 Å². The van der Waals surface area contributed by atoms with Gasteiger partial charge in [0.1, 0.15) is 0 Å². The number of anilines is 1. The molecule has 0 bridgehead atoms. The van der Waals surface area contributed by atoms with E-state index in [1.165, 1.54) is 11.1 Å². The van der Waals surface area contributed by atoms with Gasteiger partial charge in [0.05, 0.1) is 23.4 Å². The van der Waals surface area contributed by atoms with Crippen molar-refractivity contribution in [1.29, 1.82) is 0 Å². The molecule has 0 N–H and O–H groups in total. The largest absolute Gasteiger partial charge is 0.379 e. The third-order valence-electron chi connectivity index (χ3n) is 6.29. The normalized spacial score (nSPS) is 14.8. The van der Waals surface area contributed by atoms with Crippen LogP contribution in [0.1, 0.15) is 21.5 Å². The van der Waals surface area contributed by atoms with E-state index in [9.17, 15) is 4.79 Å². The molecule has 164 valence electrons. The highest BCUT2D eigenvalue weighted by Gasteiger charge is 2.23. The number of aryl methyl sites for hydroxylation is 2. The second-order valence-electron chi connectivity index (χ2n) is 8.32. The van der Waals surface area contributed by atoms with Gasteiger partial charge in [0, 0.05) is 31.7 Å². The first-order valence-corrected chi connectivity index (χ1v) is 11.9. The summed E-state index contributed by atoms with van der Waals surface area (Å²) in [6, 6.07) is 18.3. The van der Waals surface area contributed by atoms with Crippen LogP contribution in [-0.2, 0) is 4.74 Å². The molecule has 1 saturated heterocycles. The second kappa shape index (κ2) is 8.98. The fourth-order valence-corrected chi connectivity index (χ4v) is 5.21. The zero-order chi connectivity index (χ0) is 22.1. The van der Waals surface area contributed by atoms with Gasteiger partial charge < -0.3 is 4.74 Å². The summed E-state index contributed by atoms with van der Waals surface area (Å²) in [6.45, 7) is 8.90. The molecule has 5 rings (SSSR count). The summed E-state index contributed by atoms with van der Waals surface area (Å²) < 4.78 is 6.60. The number of nitrogens with zero attached hydrogens (tertiary/aromatic N) is 3. The first-order valence-electron chi connectivity index (χ1n) is 11.1. The van der Waals surface area contributed by atoms with Crippen LogP contribution in [0.5, 0.6) is 0 Å². The number of benzene rings is 3. The number of ether oxygens (including phenoxy) is 1. The molecule has 0 aliphatic carbocycles. The average Bonchev–Trinajstić information content (AvgIpc) is 3.26. The van der Waals surface area contributed by atoms with Crippen molar-refractivity contribution in [3.63, 3.8) is 0 Å². The van der Waals surface area contributed by atoms with Crippen molar-refractivity contribution in [1.82, 2.24) is 9.88 Å². The van der Waals surface area contributed by atoms with Crippen LogP contribution in [0.3, 0.4) is 0 Å². The maximum Gasteiger partial charge on any atom is 0.260 e. The van der Waals surface area contributed by atoms with E-state index >= 15 is 0 Å². The summed E-state index contributed by atoms with van der Waals surface area (Å²) in [5, 5.41) is 2.97. The molecule has 0 spiro atoms. The molecule has 3 aromatic carbocycles. The fraction of sp³-hybridized carbons (Fsp3) is 0.308. The van der Waals surface area contributed by atoms with Gasteiger partial charge in [-0.15, -0.1) is 0 Å². The van der Waals surface area contributed by atoms with Gasteiger partial charge in [-0.2, -0.15) is 0 Å². The standard InChI is InChI=1S/C26H27N3O2S/c1-18-7-10-23-24(19(18)2)27-26(32-23)29(12-11-28-13-15-31-16-14-28)25(30)22-9-8-20-5-3-4-6-21(20)17-22/h3-10,17H,11-16H2,1-2H3. The van der Waals surface area contributed by atoms with E-state index in [0.717, 1.165) is 59.0 Å². The van der Waals surface area contributed by atoms with Gasteiger partial charge in [-0.05, 0) is 53.9 Å². The Morgan fingerprint density at radius 2 is 1.84 bits per heavy atom. The summed E-state index contributed by atoms with van der Waals surface area (Å²) in [6.07, 6.45) is 0. The lowest BCUT2D eigenvalue weighted by atomic mass is 10.1. The number of amides is 1. The maximum absolute atomic E-state index is 13.7. The summed E-state index contributed by atoms with van der Waals surface area (Å²) >= 11 is 1.59. The van der Waals surface area contributed by atoms with E-state index in [4.69, 9.17) is 9.72 Å². The molecule has 32 heavy (non-hydrogen) atoms. The van der Waals surface area contributed by atoms with Crippen LogP contribution < -0.4 is 4.90 Å². The highest BCUT2D eigenvalue weighted by molar-refractivity contribution is 7.22. The number of rotatable bonds is 5. The Morgan fingerprint density at radius 3 is 2.66 bits per heavy atom. The Hall–Kier alpha value is -2.80. The molecule has 0 atom stereocenters. The Kier molecular flexibility index (Phi) is 5.91. The van der Waals surface area contributed by atoms with Gasteiger partial charge >= 0.3 is 0 Å². The summed E-state index contributed by atoms with van der Waals surface area (Å²) in [5.74, 6) is -0.00237. The Labute approximate surface area is 192 Å². The Balaban J connectivity index is 1.50. The van der Waals surface area contributed by atoms with Crippen molar-refractivity contribution < 1.29 is 9.53 Å². The monoisotopic (exact) mass is 445 g/mol. The summed E-state index contributed by atoms with van der Waals surface area (Å²) in [5.41, 5.74) is 4.08. The van der Waals surface area contributed by atoms with Crippen LogP contribution in [0.2, 0.25) is 0 Å². The minimum atomic E-state index is -0.00237. The van der Waals surface area contributed by atoms with Gasteiger partial charge in [0.2, 0.25) is 0 Å². The van der Waals surface area contributed by atoms with Crippen molar-refractivity contribution in [2.24, 2.45) is 0 Å². The molecule has 1 amide bonds. The number of aromatic nitrogens is 1. The highest BCUT2D eigenvalue weighted by atomic mass is 32.1. The molecule has 5 nitrogen and oxygen atoms in total. The maximum atomic E-state index is 13.7. The molecule has 1 aliphatic rings. The molecule has 2 heterocycles. The predicted molar refractivity (Wildman–Crippen MR) is 132 cm³/mol. The van der Waals surface area contributed by atoms with Gasteiger partial charge in [-0.25, -0.2) is 4.98 Å². The van der Waals surface area contributed by atoms with E-state index < -0.39 is 0 Å². The Morgan fingerprint density at radius 1 is 1.06 bits per heavy atom. The molecule has 1 aromatic heterocycles. The number of thiazole rings is 1. The quantitative estimate of drug-likeness (QED) is 0.431. The molecule has 0 unspecified atom stereocenters. The lowest BCUT2D eigenvalue weighted by Gasteiger charge is -2.29. The Bertz CT molecular complexity index is 1280. The van der Waals surface area contributed by atoms with Crippen LogP contribution in [0.25, 0.3) is 21.0 Å². The molecule has 1 aliphatic heterocycles. The molecule has 0 radical (unpaired) electrons. The number of carbonyl (C=O) groups excluding carboxylic acids is 1. The van der Waals surface area contributed by atoms with Crippen LogP contribution >= 0.6 is 11.3 Å². The van der Waals surface area contributed by atoms with Gasteiger partial charge in [-0.3, -0.25) is 14.6 Å². The minimum Gasteiger partial charge on any atom is -0.379 e. The van der Waals surface area contributed by atoms with Gasteiger partial charge in [-0.1, -0.05) is 47.7 Å². The van der Waals surface area contributed by atoms with Crippen molar-refractivity contribution in [3.05, 3.63) is 71.3 Å². The van der Waals surface area contributed by atoms with Crippen LogP contribution in [-0.4, -0.2) is 55.2 Å². The highest BCUT2D eigenvalue weighted by Crippen LogP contribution is 2.33. The average molecular weight is 446 g/mol. The smallest absolute Gasteiger partial charge is 0.260 e. The number of carbonyl (C=O) groups is 1. The topological polar surface area (TPSA) is 45.7 Å². The van der Waals surface area contributed by atoms with E-state index in [2.05, 4.69) is 36.9 Å². The number of hydrogen-bond acceptors (Lipinski definition) is 5. The molecular weight excluding hydrogens is 418 g/mol. The van der Waals surface area contributed by atoms with Crippen molar-refractivity contribution in [2.75, 3.05) is 44.3 Å². The molecule has 0 saturated carbocycles. The molecule has 1 fully saturated rings. The molecular formula is C26H27N3O2S. The van der Waals surface area contributed by atoms with Crippen molar-refractivity contribution in [2.45, 2.75) is 13.8 Å². The zero-order valence-electron chi connectivity index (χ0n) is 18.5. The second-order valence-corrected chi connectivity index (χ2v) is 9.33. The van der Waals surface area contributed by atoms with Crippen molar-refractivity contribution >= 4 is 43.4 Å². The minimum absolute atomic E-state index is 0.00237. The SMILES string of the molecule is Cc1ccc2sc(N(CCN3CCOCC3)C(=O)c3ccc4ccccc4c3)nc2c1C. The van der Waals surface area contributed by atoms with Gasteiger partial charge in [0.15, 0.2) is 5.13 Å². The lowest BCUT2D eigenvalue weighted by molar-refractivity contribution is 0.0391. The molecule has 4 aromatic rings.